The Bertz CT molecular complexity index is 559. The minimum atomic E-state index is -0.416. The van der Waals surface area contributed by atoms with E-state index in [1.54, 1.807) is 17.7 Å². The van der Waals surface area contributed by atoms with Gasteiger partial charge in [0, 0.05) is 11.5 Å². The van der Waals surface area contributed by atoms with Crippen molar-refractivity contribution < 1.29 is 9.47 Å². The average molecular weight is 317 g/mol. The van der Waals surface area contributed by atoms with Gasteiger partial charge in [0.25, 0.3) is 0 Å². The Hall–Kier alpha value is -1.72. The first-order valence-electron chi connectivity index (χ1n) is 8.40. The van der Waals surface area contributed by atoms with Crippen molar-refractivity contribution in [1.29, 1.82) is 0 Å². The first kappa shape index (κ1) is 16.1. The number of ether oxygens (including phenoxy) is 2. The van der Waals surface area contributed by atoms with Gasteiger partial charge in [-0.25, -0.2) is 0 Å². The summed E-state index contributed by atoms with van der Waals surface area (Å²) in [7, 11) is 0. The zero-order chi connectivity index (χ0) is 16.4. The number of hydrogen-bond donors (Lipinski definition) is 3. The van der Waals surface area contributed by atoms with Crippen LogP contribution in [-0.4, -0.2) is 13.2 Å². The van der Waals surface area contributed by atoms with Crippen LogP contribution in [0.5, 0.6) is 0 Å². The zero-order valence-corrected chi connectivity index (χ0v) is 13.8. The van der Waals surface area contributed by atoms with Gasteiger partial charge >= 0.3 is 0 Å². The standard InChI is InChI=1S/C18H27N3O2/c1-11-2-4-12(5-3-11)6-13-9-22-18(23-10-13)14-7-15(19)17(21)16(20)8-14/h6-8,11,13,18H,2-5,9-10,19-21H2,1H3. The fourth-order valence-electron chi connectivity index (χ4n) is 3.30. The van der Waals surface area contributed by atoms with Crippen LogP contribution in [0.4, 0.5) is 17.1 Å². The number of allylic oxidation sites excluding steroid dienone is 1. The molecule has 3 rings (SSSR count). The summed E-state index contributed by atoms with van der Waals surface area (Å²) in [6.45, 7) is 3.65. The van der Waals surface area contributed by atoms with Crippen LogP contribution in [0.25, 0.3) is 0 Å². The van der Waals surface area contributed by atoms with Gasteiger partial charge in [-0.05, 0) is 43.7 Å². The molecular formula is C18H27N3O2. The number of rotatable bonds is 2. The highest BCUT2D eigenvalue weighted by Gasteiger charge is 2.24. The largest absolute Gasteiger partial charge is 0.397 e. The van der Waals surface area contributed by atoms with E-state index in [1.165, 1.54) is 25.7 Å². The lowest BCUT2D eigenvalue weighted by molar-refractivity contribution is -0.197. The maximum Gasteiger partial charge on any atom is 0.184 e. The summed E-state index contributed by atoms with van der Waals surface area (Å²) in [5, 5.41) is 0. The fourth-order valence-corrected chi connectivity index (χ4v) is 3.30. The van der Waals surface area contributed by atoms with Crippen LogP contribution in [0.2, 0.25) is 0 Å². The van der Waals surface area contributed by atoms with Crippen molar-refractivity contribution >= 4 is 17.1 Å². The van der Waals surface area contributed by atoms with Gasteiger partial charge in [0.1, 0.15) is 0 Å². The van der Waals surface area contributed by atoms with Crippen molar-refractivity contribution in [2.24, 2.45) is 11.8 Å². The molecule has 1 heterocycles. The van der Waals surface area contributed by atoms with Crippen LogP contribution in [0, 0.1) is 11.8 Å². The summed E-state index contributed by atoms with van der Waals surface area (Å²) in [5.41, 5.74) is 21.2. The van der Waals surface area contributed by atoms with E-state index in [0.29, 0.717) is 36.2 Å². The minimum absolute atomic E-state index is 0.332. The number of nitrogens with two attached hydrogens (primary N) is 3. The molecule has 23 heavy (non-hydrogen) atoms. The molecule has 0 unspecified atom stereocenters. The van der Waals surface area contributed by atoms with Gasteiger partial charge in [-0.1, -0.05) is 18.6 Å². The van der Waals surface area contributed by atoms with Crippen molar-refractivity contribution in [3.8, 4) is 0 Å². The zero-order valence-electron chi connectivity index (χ0n) is 13.8. The van der Waals surface area contributed by atoms with Crippen LogP contribution in [0.15, 0.2) is 23.8 Å². The van der Waals surface area contributed by atoms with E-state index in [4.69, 9.17) is 26.7 Å². The molecule has 0 aromatic heterocycles. The number of hydrogen-bond acceptors (Lipinski definition) is 5. The van der Waals surface area contributed by atoms with Crippen LogP contribution < -0.4 is 17.2 Å². The molecule has 5 nitrogen and oxygen atoms in total. The quantitative estimate of drug-likeness (QED) is 0.575. The molecule has 0 amide bonds. The third-order valence-electron chi connectivity index (χ3n) is 4.85. The third kappa shape index (κ3) is 3.79. The molecule has 1 aromatic rings. The van der Waals surface area contributed by atoms with Gasteiger partial charge in [-0.2, -0.15) is 0 Å². The average Bonchev–Trinajstić information content (AvgIpc) is 2.55. The first-order valence-corrected chi connectivity index (χ1v) is 8.40. The number of anilines is 3. The molecule has 2 fully saturated rings. The van der Waals surface area contributed by atoms with Gasteiger partial charge in [0.15, 0.2) is 6.29 Å². The normalized spacial score (nSPS) is 28.6. The smallest absolute Gasteiger partial charge is 0.184 e. The number of benzene rings is 1. The molecule has 1 saturated carbocycles. The summed E-state index contributed by atoms with van der Waals surface area (Å²) in [4.78, 5) is 0. The third-order valence-corrected chi connectivity index (χ3v) is 4.85. The molecule has 2 aliphatic rings. The fraction of sp³-hybridized carbons (Fsp3) is 0.556. The molecule has 6 N–H and O–H groups in total. The Morgan fingerprint density at radius 3 is 2.13 bits per heavy atom. The summed E-state index contributed by atoms with van der Waals surface area (Å²) in [5.74, 6) is 1.19. The van der Waals surface area contributed by atoms with Crippen LogP contribution in [0.3, 0.4) is 0 Å². The molecule has 1 aliphatic carbocycles. The molecule has 0 spiro atoms. The van der Waals surface area contributed by atoms with Gasteiger partial charge in [0.05, 0.1) is 30.3 Å². The molecule has 0 bridgehead atoms. The summed E-state index contributed by atoms with van der Waals surface area (Å²) < 4.78 is 11.7. The van der Waals surface area contributed by atoms with Crippen LogP contribution in [0.1, 0.15) is 44.5 Å². The van der Waals surface area contributed by atoms with Crippen LogP contribution in [-0.2, 0) is 9.47 Å². The van der Waals surface area contributed by atoms with Crippen molar-refractivity contribution in [3.63, 3.8) is 0 Å². The highest BCUT2D eigenvalue weighted by Crippen LogP contribution is 2.33. The Balaban J connectivity index is 1.59. The predicted molar refractivity (Wildman–Crippen MR) is 93.5 cm³/mol. The second-order valence-corrected chi connectivity index (χ2v) is 6.88. The first-order chi connectivity index (χ1) is 11.0. The van der Waals surface area contributed by atoms with E-state index in [0.717, 1.165) is 11.5 Å². The topological polar surface area (TPSA) is 96.5 Å². The lowest BCUT2D eigenvalue weighted by atomic mass is 9.85. The SMILES string of the molecule is CC1CCC(=CC2COC(c3cc(N)c(N)c(N)c3)OC2)CC1. The van der Waals surface area contributed by atoms with E-state index >= 15 is 0 Å². The van der Waals surface area contributed by atoms with E-state index < -0.39 is 6.29 Å². The molecule has 1 aliphatic heterocycles. The second-order valence-electron chi connectivity index (χ2n) is 6.88. The molecule has 0 atom stereocenters. The van der Waals surface area contributed by atoms with E-state index in [9.17, 15) is 0 Å². The van der Waals surface area contributed by atoms with Gasteiger partial charge < -0.3 is 26.7 Å². The Kier molecular flexibility index (Phi) is 4.78. The lowest BCUT2D eigenvalue weighted by Crippen LogP contribution is -2.26. The van der Waals surface area contributed by atoms with Crippen LogP contribution >= 0.6 is 0 Å². The summed E-state index contributed by atoms with van der Waals surface area (Å²) in [6.07, 6.45) is 6.97. The second kappa shape index (κ2) is 6.81. The monoisotopic (exact) mass is 317 g/mol. The van der Waals surface area contributed by atoms with Crippen molar-refractivity contribution in [3.05, 3.63) is 29.3 Å². The van der Waals surface area contributed by atoms with Crippen molar-refractivity contribution in [1.82, 2.24) is 0 Å². The molecular weight excluding hydrogens is 290 g/mol. The van der Waals surface area contributed by atoms with Gasteiger partial charge in [-0.15, -0.1) is 0 Å². The summed E-state index contributed by atoms with van der Waals surface area (Å²) in [6, 6.07) is 3.55. The predicted octanol–water partition coefficient (Wildman–Crippen LogP) is 3.23. The van der Waals surface area contributed by atoms with Crippen molar-refractivity contribution in [2.45, 2.75) is 38.9 Å². The van der Waals surface area contributed by atoms with E-state index in [-0.39, 0.29) is 0 Å². The lowest BCUT2D eigenvalue weighted by Gasteiger charge is -2.30. The maximum atomic E-state index is 5.87. The maximum absolute atomic E-state index is 5.87. The Morgan fingerprint density at radius 1 is 1.00 bits per heavy atom. The molecule has 0 radical (unpaired) electrons. The molecule has 5 heteroatoms. The minimum Gasteiger partial charge on any atom is -0.397 e. The Labute approximate surface area is 137 Å². The number of nitrogen functional groups attached to an aromatic ring is 3. The van der Waals surface area contributed by atoms with E-state index in [1.807, 2.05) is 0 Å². The molecule has 1 saturated heterocycles. The molecule has 1 aromatic carbocycles. The Morgan fingerprint density at radius 2 is 1.57 bits per heavy atom. The molecule has 126 valence electrons. The highest BCUT2D eigenvalue weighted by atomic mass is 16.7. The summed E-state index contributed by atoms with van der Waals surface area (Å²) >= 11 is 0. The van der Waals surface area contributed by atoms with E-state index in [2.05, 4.69) is 13.0 Å². The van der Waals surface area contributed by atoms with Gasteiger partial charge in [0.2, 0.25) is 0 Å². The highest BCUT2D eigenvalue weighted by molar-refractivity contribution is 5.78. The van der Waals surface area contributed by atoms with Crippen molar-refractivity contribution in [2.75, 3.05) is 30.4 Å². The van der Waals surface area contributed by atoms with Gasteiger partial charge in [-0.3, -0.25) is 0 Å².